The van der Waals surface area contributed by atoms with Crippen LogP contribution in [0.1, 0.15) is 0 Å². The molecule has 0 saturated carbocycles. The van der Waals surface area contributed by atoms with Crippen LogP contribution in [0.25, 0.3) is 33.7 Å². The van der Waals surface area contributed by atoms with Gasteiger partial charge < -0.3 is 13.6 Å². The Morgan fingerprint density at radius 3 is 2.79 bits per heavy atom. The van der Waals surface area contributed by atoms with Gasteiger partial charge in [0.1, 0.15) is 0 Å². The molecule has 0 atom stereocenters. The lowest BCUT2D eigenvalue weighted by atomic mass is 10.2. The van der Waals surface area contributed by atoms with E-state index in [1.165, 1.54) is 0 Å². The van der Waals surface area contributed by atoms with E-state index in [0.29, 0.717) is 0 Å². The van der Waals surface area contributed by atoms with Crippen LogP contribution in [0.4, 0.5) is 0 Å². The quantitative estimate of drug-likeness (QED) is 0.523. The Balaban J connectivity index is 2.09. The van der Waals surface area contributed by atoms with Gasteiger partial charge in [-0.3, -0.25) is 0 Å². The zero-order chi connectivity index (χ0) is 13.0. The van der Waals surface area contributed by atoms with Crippen LogP contribution in [-0.2, 0) is 14.1 Å². The Morgan fingerprint density at radius 2 is 2.00 bits per heavy atom. The van der Waals surface area contributed by atoms with Crippen molar-refractivity contribution in [3.63, 3.8) is 0 Å². The average Bonchev–Trinajstić information content (AvgIpc) is 3.10. The van der Waals surface area contributed by atoms with Crippen LogP contribution in [0.5, 0.6) is 0 Å². The fraction of sp³-hybridized carbons (Fsp3) is 0.143. The third-order valence-corrected chi connectivity index (χ3v) is 3.47. The van der Waals surface area contributed by atoms with E-state index in [1.807, 2.05) is 47.8 Å². The van der Waals surface area contributed by atoms with Gasteiger partial charge in [0.2, 0.25) is 0 Å². The highest BCUT2D eigenvalue weighted by Crippen LogP contribution is 2.26. The van der Waals surface area contributed by atoms with Crippen molar-refractivity contribution >= 4 is 22.1 Å². The van der Waals surface area contributed by atoms with Gasteiger partial charge in [-0.25, -0.2) is 9.97 Å². The molecule has 94 valence electrons. The first kappa shape index (κ1) is 10.4. The summed E-state index contributed by atoms with van der Waals surface area (Å²) >= 11 is 0. The zero-order valence-electron chi connectivity index (χ0n) is 10.7. The molecule has 0 saturated heterocycles. The summed E-state index contributed by atoms with van der Waals surface area (Å²) in [6, 6.07) is 7.90. The highest BCUT2D eigenvalue weighted by atomic mass is 16.3. The average molecular weight is 252 g/mol. The molecule has 4 rings (SSSR count). The molecule has 3 aromatic heterocycles. The Morgan fingerprint density at radius 1 is 1.11 bits per heavy atom. The van der Waals surface area contributed by atoms with Crippen molar-refractivity contribution in [2.24, 2.45) is 14.1 Å². The van der Waals surface area contributed by atoms with Gasteiger partial charge in [0.15, 0.2) is 11.6 Å². The van der Waals surface area contributed by atoms with Gasteiger partial charge in [-0.2, -0.15) is 0 Å². The largest absolute Gasteiger partial charge is 0.461 e. The molecule has 5 heteroatoms. The standard InChI is InChI=1S/C14H12N4O/c1-17-8-15-9-6-10-12(7-11(9)17)18(2)14(16-10)13-4-3-5-19-13/h3-8H,1-2H3. The third-order valence-electron chi connectivity index (χ3n) is 3.47. The predicted octanol–water partition coefficient (Wildman–Crippen LogP) is 2.72. The molecular formula is C14H12N4O. The number of benzene rings is 1. The summed E-state index contributed by atoms with van der Waals surface area (Å²) < 4.78 is 9.48. The molecule has 0 bridgehead atoms. The Hall–Kier alpha value is -2.56. The van der Waals surface area contributed by atoms with Gasteiger partial charge in [-0.1, -0.05) is 0 Å². The minimum Gasteiger partial charge on any atom is -0.461 e. The van der Waals surface area contributed by atoms with Crippen molar-refractivity contribution in [3.8, 4) is 11.6 Å². The van der Waals surface area contributed by atoms with E-state index < -0.39 is 0 Å². The number of hydrogen-bond acceptors (Lipinski definition) is 3. The maximum atomic E-state index is 5.43. The molecule has 0 unspecified atom stereocenters. The number of rotatable bonds is 1. The first-order valence-electron chi connectivity index (χ1n) is 6.05. The molecule has 1 aromatic carbocycles. The van der Waals surface area contributed by atoms with Crippen LogP contribution >= 0.6 is 0 Å². The molecular weight excluding hydrogens is 240 g/mol. The van der Waals surface area contributed by atoms with Crippen LogP contribution in [0.2, 0.25) is 0 Å². The molecule has 0 amide bonds. The number of nitrogens with zero attached hydrogens (tertiary/aromatic N) is 4. The first-order valence-corrected chi connectivity index (χ1v) is 6.05. The molecule has 0 spiro atoms. The minimum atomic E-state index is 0.774. The van der Waals surface area contributed by atoms with Crippen LogP contribution in [0, 0.1) is 0 Å². The zero-order valence-corrected chi connectivity index (χ0v) is 10.7. The van der Waals surface area contributed by atoms with E-state index in [9.17, 15) is 0 Å². The van der Waals surface area contributed by atoms with E-state index in [0.717, 1.165) is 33.7 Å². The number of aryl methyl sites for hydroxylation is 2. The lowest BCUT2D eigenvalue weighted by Gasteiger charge is -1.99. The topological polar surface area (TPSA) is 48.8 Å². The summed E-state index contributed by atoms with van der Waals surface area (Å²) in [7, 11) is 3.99. The highest BCUT2D eigenvalue weighted by molar-refractivity contribution is 5.93. The van der Waals surface area contributed by atoms with Crippen molar-refractivity contribution in [2.75, 3.05) is 0 Å². The van der Waals surface area contributed by atoms with E-state index in [-0.39, 0.29) is 0 Å². The molecule has 19 heavy (non-hydrogen) atoms. The normalized spacial score (nSPS) is 11.7. The number of imidazole rings is 2. The second-order valence-corrected chi connectivity index (χ2v) is 4.66. The molecule has 0 aliphatic heterocycles. The molecule has 0 N–H and O–H groups in total. The Kier molecular flexibility index (Phi) is 1.90. The maximum Gasteiger partial charge on any atom is 0.176 e. The number of furan rings is 1. The lowest BCUT2D eigenvalue weighted by molar-refractivity contribution is 0.574. The van der Waals surface area contributed by atoms with E-state index in [4.69, 9.17) is 4.42 Å². The maximum absolute atomic E-state index is 5.43. The van der Waals surface area contributed by atoms with E-state index >= 15 is 0 Å². The number of hydrogen-bond donors (Lipinski definition) is 0. The monoisotopic (exact) mass is 252 g/mol. The van der Waals surface area contributed by atoms with Crippen LogP contribution in [0.3, 0.4) is 0 Å². The minimum absolute atomic E-state index is 0.774. The fourth-order valence-corrected chi connectivity index (χ4v) is 2.44. The summed E-state index contributed by atoms with van der Waals surface area (Å²) in [4.78, 5) is 8.99. The Bertz CT molecular complexity index is 883. The molecule has 5 nitrogen and oxygen atoms in total. The molecule has 0 aliphatic rings. The van der Waals surface area contributed by atoms with Crippen LogP contribution < -0.4 is 0 Å². The van der Waals surface area contributed by atoms with Gasteiger partial charge in [-0.05, 0) is 24.3 Å². The summed E-state index contributed by atoms with van der Waals surface area (Å²) in [5.41, 5.74) is 4.06. The van der Waals surface area contributed by atoms with Gasteiger partial charge in [-0.15, -0.1) is 0 Å². The second-order valence-electron chi connectivity index (χ2n) is 4.66. The summed E-state index contributed by atoms with van der Waals surface area (Å²) in [5, 5.41) is 0. The van der Waals surface area contributed by atoms with E-state index in [1.54, 1.807) is 6.26 Å². The van der Waals surface area contributed by atoms with Crippen molar-refractivity contribution in [1.82, 2.24) is 19.1 Å². The van der Waals surface area contributed by atoms with Gasteiger partial charge in [0, 0.05) is 14.1 Å². The van der Waals surface area contributed by atoms with Crippen molar-refractivity contribution in [1.29, 1.82) is 0 Å². The second kappa shape index (κ2) is 3.47. The van der Waals surface area contributed by atoms with Crippen molar-refractivity contribution in [2.45, 2.75) is 0 Å². The molecule has 3 heterocycles. The first-order chi connectivity index (χ1) is 9.24. The fourth-order valence-electron chi connectivity index (χ4n) is 2.44. The Labute approximate surface area is 109 Å². The summed E-state index contributed by atoms with van der Waals surface area (Å²) in [6.07, 6.45) is 3.48. The number of fused-ring (bicyclic) bond motifs is 2. The van der Waals surface area contributed by atoms with Crippen LogP contribution in [-0.4, -0.2) is 19.1 Å². The molecule has 0 aliphatic carbocycles. The van der Waals surface area contributed by atoms with Crippen molar-refractivity contribution < 1.29 is 4.42 Å². The molecule has 4 aromatic rings. The van der Waals surface area contributed by atoms with E-state index in [2.05, 4.69) is 16.0 Å². The molecule has 0 fully saturated rings. The highest BCUT2D eigenvalue weighted by Gasteiger charge is 2.13. The van der Waals surface area contributed by atoms with Crippen molar-refractivity contribution in [3.05, 3.63) is 36.9 Å². The summed E-state index contributed by atoms with van der Waals surface area (Å²) in [6.45, 7) is 0. The van der Waals surface area contributed by atoms with Gasteiger partial charge >= 0.3 is 0 Å². The SMILES string of the molecule is Cn1cnc2cc3nc(-c4ccco4)n(C)c3cc21. The third kappa shape index (κ3) is 1.35. The van der Waals surface area contributed by atoms with Crippen LogP contribution in [0.15, 0.2) is 41.3 Å². The van der Waals surface area contributed by atoms with Gasteiger partial charge in [0.25, 0.3) is 0 Å². The number of aromatic nitrogens is 4. The summed E-state index contributed by atoms with van der Waals surface area (Å²) in [5.74, 6) is 1.60. The predicted molar refractivity (Wildman–Crippen MR) is 72.7 cm³/mol. The smallest absolute Gasteiger partial charge is 0.176 e. The van der Waals surface area contributed by atoms with Gasteiger partial charge in [0.05, 0.1) is 34.7 Å². The lowest BCUT2D eigenvalue weighted by Crippen LogP contribution is -1.91. The molecule has 0 radical (unpaired) electrons.